The minimum absolute atomic E-state index is 0.0180. The Labute approximate surface area is 154 Å². The monoisotopic (exact) mass is 387 g/mol. The molecule has 0 aromatic carbocycles. The van der Waals surface area contributed by atoms with Gasteiger partial charge in [0, 0.05) is 38.0 Å². The fourth-order valence-electron chi connectivity index (χ4n) is 3.44. The zero-order valence-electron chi connectivity index (χ0n) is 14.0. The van der Waals surface area contributed by atoms with E-state index < -0.39 is 29.9 Å². The van der Waals surface area contributed by atoms with Crippen LogP contribution in [0.4, 0.5) is 8.78 Å². The van der Waals surface area contributed by atoms with Crippen LogP contribution in [-0.2, 0) is 4.79 Å². The lowest BCUT2D eigenvalue weighted by molar-refractivity contribution is -0.141. The number of piperidine rings is 1. The molecular formula is C17H20ClF2N3O3. The highest BCUT2D eigenvalue weighted by Gasteiger charge is 2.42. The van der Waals surface area contributed by atoms with Crippen LogP contribution in [0.25, 0.3) is 0 Å². The SMILES string of the molecule is O=C(N[C@@H]1C[C@H](C(=O)N2CCC(F)(F)CC2)C[C@H]1O)c1ccc(Cl)cn1. The summed E-state index contributed by atoms with van der Waals surface area (Å²) in [4.78, 5) is 30.1. The van der Waals surface area contributed by atoms with E-state index in [0.717, 1.165) is 0 Å². The highest BCUT2D eigenvalue weighted by molar-refractivity contribution is 6.30. The van der Waals surface area contributed by atoms with Crippen molar-refractivity contribution >= 4 is 23.4 Å². The van der Waals surface area contributed by atoms with Crippen LogP contribution in [0.5, 0.6) is 0 Å². The summed E-state index contributed by atoms with van der Waals surface area (Å²) < 4.78 is 26.5. The second-order valence-corrected chi connectivity index (χ2v) is 7.29. The molecule has 2 aliphatic rings. The lowest BCUT2D eigenvalue weighted by Gasteiger charge is -2.33. The van der Waals surface area contributed by atoms with Crippen molar-refractivity contribution in [2.24, 2.45) is 5.92 Å². The van der Waals surface area contributed by atoms with Crippen LogP contribution < -0.4 is 5.32 Å². The summed E-state index contributed by atoms with van der Waals surface area (Å²) in [6.07, 6.45) is 0.274. The van der Waals surface area contributed by atoms with E-state index in [-0.39, 0.29) is 50.4 Å². The molecule has 2 amide bonds. The van der Waals surface area contributed by atoms with Gasteiger partial charge < -0.3 is 15.3 Å². The number of carbonyl (C=O) groups excluding carboxylic acids is 2. The molecule has 0 bridgehead atoms. The van der Waals surface area contributed by atoms with Crippen LogP contribution >= 0.6 is 11.6 Å². The summed E-state index contributed by atoms with van der Waals surface area (Å²) in [6, 6.07) is 2.42. The Morgan fingerprint density at radius 1 is 1.27 bits per heavy atom. The van der Waals surface area contributed by atoms with Gasteiger partial charge in [0.25, 0.3) is 11.8 Å². The number of rotatable bonds is 3. The van der Waals surface area contributed by atoms with Gasteiger partial charge in [-0.05, 0) is 25.0 Å². The Balaban J connectivity index is 1.56. The standard InChI is InChI=1S/C17H20ClF2N3O3/c18-11-1-2-12(21-9-11)15(25)22-13-7-10(8-14(13)24)16(26)23-5-3-17(19,20)4-6-23/h1-2,9-10,13-14,24H,3-8H2,(H,22,25)/t10-,13+,14+/m0/s1. The number of hydrogen-bond acceptors (Lipinski definition) is 4. The second-order valence-electron chi connectivity index (χ2n) is 6.86. The van der Waals surface area contributed by atoms with Crippen LogP contribution in [0.15, 0.2) is 18.3 Å². The number of aliphatic hydroxyl groups is 1. The van der Waals surface area contributed by atoms with Crippen molar-refractivity contribution in [1.29, 1.82) is 0 Å². The molecule has 1 saturated heterocycles. The number of pyridine rings is 1. The third kappa shape index (κ3) is 4.29. The van der Waals surface area contributed by atoms with Gasteiger partial charge in [-0.2, -0.15) is 0 Å². The van der Waals surface area contributed by atoms with E-state index in [4.69, 9.17) is 11.6 Å². The Bertz CT molecular complexity index is 676. The molecule has 2 fully saturated rings. The summed E-state index contributed by atoms with van der Waals surface area (Å²) in [5.74, 6) is -3.90. The molecule has 2 N–H and O–H groups in total. The second kappa shape index (κ2) is 7.44. The number of amides is 2. The smallest absolute Gasteiger partial charge is 0.270 e. The number of carbonyl (C=O) groups is 2. The maximum absolute atomic E-state index is 13.2. The van der Waals surface area contributed by atoms with Crippen molar-refractivity contribution in [2.75, 3.05) is 13.1 Å². The van der Waals surface area contributed by atoms with E-state index >= 15 is 0 Å². The van der Waals surface area contributed by atoms with Crippen LogP contribution in [0, 0.1) is 5.92 Å². The van der Waals surface area contributed by atoms with Gasteiger partial charge in [-0.3, -0.25) is 9.59 Å². The van der Waals surface area contributed by atoms with Crippen LogP contribution in [0.3, 0.4) is 0 Å². The molecule has 1 saturated carbocycles. The molecular weight excluding hydrogens is 368 g/mol. The number of nitrogens with zero attached hydrogens (tertiary/aromatic N) is 2. The number of hydrogen-bond donors (Lipinski definition) is 2. The summed E-state index contributed by atoms with van der Waals surface area (Å²) in [6.45, 7) is 0.0360. The highest BCUT2D eigenvalue weighted by Crippen LogP contribution is 2.32. The minimum Gasteiger partial charge on any atom is -0.391 e. The van der Waals surface area contributed by atoms with E-state index in [1.165, 1.54) is 23.2 Å². The van der Waals surface area contributed by atoms with E-state index in [2.05, 4.69) is 10.3 Å². The molecule has 9 heteroatoms. The maximum atomic E-state index is 13.2. The van der Waals surface area contributed by atoms with Crippen molar-refractivity contribution in [3.05, 3.63) is 29.0 Å². The lowest BCUT2D eigenvalue weighted by atomic mass is 10.0. The third-order valence-corrected chi connectivity index (χ3v) is 5.18. The Morgan fingerprint density at radius 2 is 1.96 bits per heavy atom. The van der Waals surface area contributed by atoms with Gasteiger partial charge in [0.2, 0.25) is 5.91 Å². The zero-order valence-corrected chi connectivity index (χ0v) is 14.8. The predicted octanol–water partition coefficient (Wildman–Crippen LogP) is 1.86. The van der Waals surface area contributed by atoms with Crippen LogP contribution in [0.1, 0.15) is 36.2 Å². The van der Waals surface area contributed by atoms with E-state index in [9.17, 15) is 23.5 Å². The minimum atomic E-state index is -2.71. The number of likely N-dealkylation sites (tertiary alicyclic amines) is 1. The first-order valence-electron chi connectivity index (χ1n) is 8.52. The zero-order chi connectivity index (χ0) is 18.9. The molecule has 1 aliphatic heterocycles. The van der Waals surface area contributed by atoms with Crippen molar-refractivity contribution in [2.45, 2.75) is 43.8 Å². The molecule has 3 rings (SSSR count). The van der Waals surface area contributed by atoms with Gasteiger partial charge in [-0.1, -0.05) is 11.6 Å². The van der Waals surface area contributed by atoms with Crippen molar-refractivity contribution in [3.63, 3.8) is 0 Å². The van der Waals surface area contributed by atoms with E-state index in [0.29, 0.717) is 5.02 Å². The first-order valence-corrected chi connectivity index (χ1v) is 8.90. The fraction of sp³-hybridized carbons (Fsp3) is 0.588. The van der Waals surface area contributed by atoms with Gasteiger partial charge in [-0.25, -0.2) is 13.8 Å². The Hall–Kier alpha value is -1.80. The predicted molar refractivity (Wildman–Crippen MR) is 90.0 cm³/mol. The number of aliphatic hydroxyl groups excluding tert-OH is 1. The normalized spacial score (nSPS) is 28.0. The Morgan fingerprint density at radius 3 is 2.58 bits per heavy atom. The Kier molecular flexibility index (Phi) is 5.43. The average molecular weight is 388 g/mol. The number of halogens is 3. The molecule has 3 atom stereocenters. The van der Waals surface area contributed by atoms with Crippen molar-refractivity contribution < 1.29 is 23.5 Å². The summed E-state index contributed by atoms with van der Waals surface area (Å²) >= 11 is 5.73. The van der Waals surface area contributed by atoms with Gasteiger partial charge in [0.15, 0.2) is 0 Å². The van der Waals surface area contributed by atoms with Crippen LogP contribution in [0.2, 0.25) is 5.02 Å². The first kappa shape index (κ1) is 19.0. The van der Waals surface area contributed by atoms with Gasteiger partial charge in [0.1, 0.15) is 5.69 Å². The molecule has 2 heterocycles. The molecule has 0 spiro atoms. The van der Waals surface area contributed by atoms with Gasteiger partial charge >= 0.3 is 0 Å². The molecule has 1 aromatic rings. The average Bonchev–Trinajstić information content (AvgIpc) is 2.95. The number of nitrogens with one attached hydrogen (secondary N) is 1. The molecule has 142 valence electrons. The highest BCUT2D eigenvalue weighted by atomic mass is 35.5. The first-order chi connectivity index (χ1) is 12.2. The maximum Gasteiger partial charge on any atom is 0.270 e. The molecule has 0 unspecified atom stereocenters. The quantitative estimate of drug-likeness (QED) is 0.829. The topological polar surface area (TPSA) is 82.5 Å². The summed E-state index contributed by atoms with van der Waals surface area (Å²) in [7, 11) is 0. The van der Waals surface area contributed by atoms with E-state index in [1.807, 2.05) is 0 Å². The lowest BCUT2D eigenvalue weighted by Crippen LogP contribution is -2.45. The molecule has 1 aliphatic carbocycles. The fourth-order valence-corrected chi connectivity index (χ4v) is 3.55. The largest absolute Gasteiger partial charge is 0.391 e. The molecule has 6 nitrogen and oxygen atoms in total. The van der Waals surface area contributed by atoms with Gasteiger partial charge in [-0.15, -0.1) is 0 Å². The number of alkyl halides is 2. The van der Waals surface area contributed by atoms with E-state index in [1.54, 1.807) is 0 Å². The van der Waals surface area contributed by atoms with Crippen molar-refractivity contribution in [3.8, 4) is 0 Å². The molecule has 1 aromatic heterocycles. The molecule has 0 radical (unpaired) electrons. The summed E-state index contributed by atoms with van der Waals surface area (Å²) in [5, 5.41) is 13.3. The number of aromatic nitrogens is 1. The summed E-state index contributed by atoms with van der Waals surface area (Å²) in [5.41, 5.74) is 0.162. The third-order valence-electron chi connectivity index (χ3n) is 4.96. The van der Waals surface area contributed by atoms with Crippen molar-refractivity contribution in [1.82, 2.24) is 15.2 Å². The molecule has 26 heavy (non-hydrogen) atoms. The van der Waals surface area contributed by atoms with Gasteiger partial charge in [0.05, 0.1) is 17.2 Å². The van der Waals surface area contributed by atoms with Crippen LogP contribution in [-0.4, -0.2) is 58.0 Å².